The highest BCUT2D eigenvalue weighted by Gasteiger charge is 2.12. The van der Waals surface area contributed by atoms with E-state index in [9.17, 15) is 4.79 Å². The number of carbonyl (C=O) groups excluding carboxylic acids is 1. The van der Waals surface area contributed by atoms with E-state index in [0.29, 0.717) is 18.0 Å². The molecular weight excluding hydrogens is 258 g/mol. The first-order chi connectivity index (χ1) is 9.60. The van der Waals surface area contributed by atoms with Crippen LogP contribution in [-0.2, 0) is 0 Å². The minimum absolute atomic E-state index is 0.121. The number of anilines is 1. The summed E-state index contributed by atoms with van der Waals surface area (Å²) in [6.45, 7) is 2.49. The van der Waals surface area contributed by atoms with E-state index in [-0.39, 0.29) is 11.4 Å². The van der Waals surface area contributed by atoms with Gasteiger partial charge in [0.25, 0.3) is 5.91 Å². The SMILES string of the molecule is CCOc1ccc(Oc2ncc(N)cc2C(N)=O)cc1. The van der Waals surface area contributed by atoms with Crippen molar-refractivity contribution in [2.24, 2.45) is 5.73 Å². The zero-order valence-electron chi connectivity index (χ0n) is 11.0. The fourth-order valence-electron chi connectivity index (χ4n) is 1.61. The lowest BCUT2D eigenvalue weighted by molar-refractivity contribution is 0.0997. The molecule has 0 aliphatic carbocycles. The summed E-state index contributed by atoms with van der Waals surface area (Å²) in [7, 11) is 0. The number of hydrogen-bond acceptors (Lipinski definition) is 5. The molecule has 0 saturated heterocycles. The molecule has 2 rings (SSSR count). The molecule has 0 spiro atoms. The van der Waals surface area contributed by atoms with E-state index in [4.69, 9.17) is 20.9 Å². The summed E-state index contributed by atoms with van der Waals surface area (Å²) >= 11 is 0. The lowest BCUT2D eigenvalue weighted by Crippen LogP contribution is -2.13. The molecule has 0 saturated carbocycles. The Morgan fingerprint density at radius 3 is 2.50 bits per heavy atom. The Hall–Kier alpha value is -2.76. The van der Waals surface area contributed by atoms with Crippen LogP contribution in [-0.4, -0.2) is 17.5 Å². The molecule has 0 bridgehead atoms. The number of ether oxygens (including phenoxy) is 2. The number of aromatic nitrogens is 1. The predicted octanol–water partition coefficient (Wildman–Crippen LogP) is 1.95. The number of carbonyl (C=O) groups is 1. The predicted molar refractivity (Wildman–Crippen MR) is 74.9 cm³/mol. The molecule has 1 aromatic heterocycles. The fourth-order valence-corrected chi connectivity index (χ4v) is 1.61. The molecule has 0 aliphatic heterocycles. The molecule has 2 aromatic rings. The molecule has 104 valence electrons. The third-order valence-electron chi connectivity index (χ3n) is 2.49. The molecule has 20 heavy (non-hydrogen) atoms. The van der Waals surface area contributed by atoms with Gasteiger partial charge in [-0.05, 0) is 37.3 Å². The summed E-state index contributed by atoms with van der Waals surface area (Å²) in [4.78, 5) is 15.3. The van der Waals surface area contributed by atoms with E-state index >= 15 is 0 Å². The Balaban J connectivity index is 2.23. The van der Waals surface area contributed by atoms with Crippen molar-refractivity contribution >= 4 is 11.6 Å². The Labute approximate surface area is 116 Å². The number of amides is 1. The van der Waals surface area contributed by atoms with E-state index in [1.165, 1.54) is 12.3 Å². The number of primary amides is 1. The van der Waals surface area contributed by atoms with Gasteiger partial charge in [0, 0.05) is 0 Å². The van der Waals surface area contributed by atoms with E-state index in [2.05, 4.69) is 4.98 Å². The van der Waals surface area contributed by atoms with Crippen molar-refractivity contribution in [2.75, 3.05) is 12.3 Å². The second-order valence-corrected chi connectivity index (χ2v) is 3.99. The average molecular weight is 273 g/mol. The second-order valence-electron chi connectivity index (χ2n) is 3.99. The van der Waals surface area contributed by atoms with E-state index in [0.717, 1.165) is 5.75 Å². The van der Waals surface area contributed by atoms with Crippen molar-refractivity contribution in [3.8, 4) is 17.4 Å². The first-order valence-electron chi connectivity index (χ1n) is 6.06. The largest absolute Gasteiger partial charge is 0.494 e. The minimum atomic E-state index is -0.647. The summed E-state index contributed by atoms with van der Waals surface area (Å²) in [6, 6.07) is 8.39. The van der Waals surface area contributed by atoms with Crippen LogP contribution in [0.2, 0.25) is 0 Å². The molecule has 0 fully saturated rings. The van der Waals surface area contributed by atoms with Crippen LogP contribution in [0.15, 0.2) is 36.5 Å². The van der Waals surface area contributed by atoms with Gasteiger partial charge in [0.1, 0.15) is 17.1 Å². The maximum Gasteiger partial charge on any atom is 0.254 e. The van der Waals surface area contributed by atoms with E-state index in [1.807, 2.05) is 6.92 Å². The Kier molecular flexibility index (Phi) is 4.05. The zero-order valence-corrected chi connectivity index (χ0v) is 11.0. The normalized spacial score (nSPS) is 10.1. The number of nitrogens with two attached hydrogens (primary N) is 2. The van der Waals surface area contributed by atoms with Gasteiger partial charge < -0.3 is 20.9 Å². The summed E-state index contributed by atoms with van der Waals surface area (Å²) < 4.78 is 10.9. The van der Waals surface area contributed by atoms with Crippen molar-refractivity contribution in [1.29, 1.82) is 0 Å². The van der Waals surface area contributed by atoms with Gasteiger partial charge in [-0.1, -0.05) is 0 Å². The third-order valence-corrected chi connectivity index (χ3v) is 2.49. The third kappa shape index (κ3) is 3.17. The lowest BCUT2D eigenvalue weighted by atomic mass is 10.2. The number of benzene rings is 1. The van der Waals surface area contributed by atoms with Crippen LogP contribution in [0.1, 0.15) is 17.3 Å². The average Bonchev–Trinajstić information content (AvgIpc) is 2.43. The first kappa shape index (κ1) is 13.7. The topological polar surface area (TPSA) is 100 Å². The van der Waals surface area contributed by atoms with Crippen LogP contribution in [0, 0.1) is 0 Å². The van der Waals surface area contributed by atoms with Crippen molar-refractivity contribution in [3.05, 3.63) is 42.1 Å². The lowest BCUT2D eigenvalue weighted by Gasteiger charge is -2.09. The molecule has 6 heteroatoms. The van der Waals surface area contributed by atoms with E-state index in [1.54, 1.807) is 24.3 Å². The molecule has 0 aliphatic rings. The molecule has 0 atom stereocenters. The van der Waals surface area contributed by atoms with Gasteiger partial charge in [0.15, 0.2) is 0 Å². The monoisotopic (exact) mass is 273 g/mol. The molecular formula is C14H15N3O3. The van der Waals surface area contributed by atoms with Gasteiger partial charge in [-0.25, -0.2) is 4.98 Å². The number of pyridine rings is 1. The zero-order chi connectivity index (χ0) is 14.5. The second kappa shape index (κ2) is 5.92. The summed E-state index contributed by atoms with van der Waals surface area (Å²) in [5, 5.41) is 0. The standard InChI is InChI=1S/C14H15N3O3/c1-2-19-10-3-5-11(6-4-10)20-14-12(13(16)18)7-9(15)8-17-14/h3-8H,2,15H2,1H3,(H2,16,18). The maximum absolute atomic E-state index is 11.3. The van der Waals surface area contributed by atoms with Crippen LogP contribution in [0.5, 0.6) is 17.4 Å². The molecule has 0 radical (unpaired) electrons. The van der Waals surface area contributed by atoms with E-state index < -0.39 is 5.91 Å². The molecule has 1 heterocycles. The van der Waals surface area contributed by atoms with Gasteiger partial charge in [-0.2, -0.15) is 0 Å². The van der Waals surface area contributed by atoms with Crippen molar-refractivity contribution in [3.63, 3.8) is 0 Å². The van der Waals surface area contributed by atoms with Crippen LogP contribution >= 0.6 is 0 Å². The van der Waals surface area contributed by atoms with Gasteiger partial charge >= 0.3 is 0 Å². The summed E-state index contributed by atoms with van der Waals surface area (Å²) in [6.07, 6.45) is 1.40. The Morgan fingerprint density at radius 2 is 1.90 bits per heavy atom. The number of nitrogen functional groups attached to an aromatic ring is 1. The van der Waals surface area contributed by atoms with Crippen molar-refractivity contribution in [2.45, 2.75) is 6.92 Å². The highest BCUT2D eigenvalue weighted by atomic mass is 16.5. The Morgan fingerprint density at radius 1 is 1.25 bits per heavy atom. The van der Waals surface area contributed by atoms with Gasteiger partial charge in [-0.15, -0.1) is 0 Å². The smallest absolute Gasteiger partial charge is 0.254 e. The number of hydrogen-bond donors (Lipinski definition) is 2. The van der Waals surface area contributed by atoms with Crippen LogP contribution in [0.4, 0.5) is 5.69 Å². The van der Waals surface area contributed by atoms with Gasteiger partial charge in [-0.3, -0.25) is 4.79 Å². The maximum atomic E-state index is 11.3. The molecule has 1 amide bonds. The van der Waals surface area contributed by atoms with Gasteiger partial charge in [0.2, 0.25) is 5.88 Å². The molecule has 0 unspecified atom stereocenters. The molecule has 1 aromatic carbocycles. The highest BCUT2D eigenvalue weighted by molar-refractivity contribution is 5.95. The van der Waals surface area contributed by atoms with Crippen molar-refractivity contribution in [1.82, 2.24) is 4.98 Å². The summed E-state index contributed by atoms with van der Waals surface area (Å²) in [5.74, 6) is 0.732. The Bertz CT molecular complexity index is 612. The van der Waals surface area contributed by atoms with Crippen LogP contribution in [0.3, 0.4) is 0 Å². The summed E-state index contributed by atoms with van der Waals surface area (Å²) in [5.41, 5.74) is 11.3. The first-order valence-corrected chi connectivity index (χ1v) is 6.06. The van der Waals surface area contributed by atoms with Gasteiger partial charge in [0.05, 0.1) is 18.5 Å². The molecule has 4 N–H and O–H groups in total. The highest BCUT2D eigenvalue weighted by Crippen LogP contribution is 2.26. The van der Waals surface area contributed by atoms with Crippen LogP contribution < -0.4 is 20.9 Å². The van der Waals surface area contributed by atoms with Crippen LogP contribution in [0.25, 0.3) is 0 Å². The van der Waals surface area contributed by atoms with Crippen molar-refractivity contribution < 1.29 is 14.3 Å². The minimum Gasteiger partial charge on any atom is -0.494 e. The quantitative estimate of drug-likeness (QED) is 0.867. The molecule has 6 nitrogen and oxygen atoms in total. The number of rotatable bonds is 5. The fraction of sp³-hybridized carbons (Fsp3) is 0.143. The number of nitrogens with zero attached hydrogens (tertiary/aromatic N) is 1.